The van der Waals surface area contributed by atoms with Crippen molar-refractivity contribution in [3.8, 4) is 0 Å². The first-order chi connectivity index (χ1) is 8.57. The van der Waals surface area contributed by atoms with Crippen molar-refractivity contribution >= 4 is 5.91 Å². The van der Waals surface area contributed by atoms with E-state index in [0.29, 0.717) is 11.9 Å². The lowest BCUT2D eigenvalue weighted by molar-refractivity contribution is -0.139. The summed E-state index contributed by atoms with van der Waals surface area (Å²) in [6.07, 6.45) is 3.29. The molecule has 0 aromatic heterocycles. The smallest absolute Gasteiger partial charge is 0.242 e. The SMILES string of the molecule is CCC(C)N1CCN(C(=O)C2(C)CCCN2)CC1. The lowest BCUT2D eigenvalue weighted by Crippen LogP contribution is -2.58. The van der Waals surface area contributed by atoms with E-state index in [2.05, 4.69) is 35.9 Å². The topological polar surface area (TPSA) is 35.6 Å². The number of carbonyl (C=O) groups is 1. The van der Waals surface area contributed by atoms with Gasteiger partial charge in [-0.3, -0.25) is 9.69 Å². The molecule has 0 spiro atoms. The van der Waals surface area contributed by atoms with E-state index in [1.54, 1.807) is 0 Å². The number of piperazine rings is 1. The Balaban J connectivity index is 1.88. The van der Waals surface area contributed by atoms with Crippen LogP contribution in [0.5, 0.6) is 0 Å². The van der Waals surface area contributed by atoms with Crippen LogP contribution < -0.4 is 5.32 Å². The zero-order valence-corrected chi connectivity index (χ0v) is 12.0. The van der Waals surface area contributed by atoms with Crippen molar-refractivity contribution < 1.29 is 4.79 Å². The van der Waals surface area contributed by atoms with Gasteiger partial charge in [-0.15, -0.1) is 0 Å². The normalized spacial score (nSPS) is 31.6. The van der Waals surface area contributed by atoms with Gasteiger partial charge < -0.3 is 10.2 Å². The second kappa shape index (κ2) is 5.57. The number of rotatable bonds is 3. The molecular weight excluding hydrogens is 226 g/mol. The van der Waals surface area contributed by atoms with Crippen LogP contribution in [0.1, 0.15) is 40.0 Å². The van der Waals surface area contributed by atoms with Crippen molar-refractivity contribution in [1.82, 2.24) is 15.1 Å². The van der Waals surface area contributed by atoms with Gasteiger partial charge in [-0.05, 0) is 39.7 Å². The second-order valence-corrected chi connectivity index (χ2v) is 5.95. The molecule has 2 saturated heterocycles. The molecule has 2 atom stereocenters. The number of hydrogen-bond donors (Lipinski definition) is 1. The van der Waals surface area contributed by atoms with Gasteiger partial charge in [0.05, 0.1) is 5.54 Å². The van der Waals surface area contributed by atoms with Gasteiger partial charge in [-0.25, -0.2) is 0 Å². The van der Waals surface area contributed by atoms with E-state index in [-0.39, 0.29) is 5.54 Å². The molecule has 0 radical (unpaired) electrons. The van der Waals surface area contributed by atoms with E-state index in [9.17, 15) is 4.79 Å². The fraction of sp³-hybridized carbons (Fsp3) is 0.929. The highest BCUT2D eigenvalue weighted by molar-refractivity contribution is 5.86. The van der Waals surface area contributed by atoms with Gasteiger partial charge in [0.25, 0.3) is 0 Å². The zero-order chi connectivity index (χ0) is 13.2. The minimum Gasteiger partial charge on any atom is -0.339 e. The van der Waals surface area contributed by atoms with Crippen molar-refractivity contribution in [1.29, 1.82) is 0 Å². The molecule has 0 aromatic rings. The monoisotopic (exact) mass is 253 g/mol. The summed E-state index contributed by atoms with van der Waals surface area (Å²) < 4.78 is 0. The summed E-state index contributed by atoms with van der Waals surface area (Å²) in [5.41, 5.74) is -0.293. The van der Waals surface area contributed by atoms with Gasteiger partial charge in [0.2, 0.25) is 5.91 Å². The molecule has 2 rings (SSSR count). The molecule has 4 heteroatoms. The van der Waals surface area contributed by atoms with Crippen LogP contribution in [0.25, 0.3) is 0 Å². The number of nitrogens with one attached hydrogen (secondary N) is 1. The van der Waals surface area contributed by atoms with Crippen LogP contribution in [0.2, 0.25) is 0 Å². The zero-order valence-electron chi connectivity index (χ0n) is 12.0. The third-order valence-electron chi connectivity index (χ3n) is 4.66. The van der Waals surface area contributed by atoms with Crippen LogP contribution in [0.15, 0.2) is 0 Å². The van der Waals surface area contributed by atoms with E-state index >= 15 is 0 Å². The lowest BCUT2D eigenvalue weighted by Gasteiger charge is -2.40. The summed E-state index contributed by atoms with van der Waals surface area (Å²) in [4.78, 5) is 17.1. The van der Waals surface area contributed by atoms with E-state index in [1.807, 2.05) is 0 Å². The molecule has 4 nitrogen and oxygen atoms in total. The number of carbonyl (C=O) groups excluding carboxylic acids is 1. The Morgan fingerprint density at radius 1 is 1.33 bits per heavy atom. The standard InChI is InChI=1S/C14H27N3O/c1-4-12(2)16-8-10-17(11-9-16)13(18)14(3)6-5-7-15-14/h12,15H,4-11H2,1-3H3. The number of nitrogens with zero attached hydrogens (tertiary/aromatic N) is 2. The van der Waals surface area contributed by atoms with Crippen LogP contribution in [0, 0.1) is 0 Å². The van der Waals surface area contributed by atoms with Crippen LogP contribution >= 0.6 is 0 Å². The van der Waals surface area contributed by atoms with Gasteiger partial charge in [0, 0.05) is 32.2 Å². The first kappa shape index (κ1) is 13.8. The summed E-state index contributed by atoms with van der Waals surface area (Å²) in [6, 6.07) is 0.641. The van der Waals surface area contributed by atoms with Gasteiger partial charge in [0.1, 0.15) is 0 Å². The average Bonchev–Trinajstić information content (AvgIpc) is 2.85. The Morgan fingerprint density at radius 2 is 2.00 bits per heavy atom. The third-order valence-corrected chi connectivity index (χ3v) is 4.66. The van der Waals surface area contributed by atoms with E-state index < -0.39 is 0 Å². The highest BCUT2D eigenvalue weighted by Crippen LogP contribution is 2.22. The molecule has 1 N–H and O–H groups in total. The second-order valence-electron chi connectivity index (χ2n) is 5.95. The van der Waals surface area contributed by atoms with Crippen LogP contribution in [0.4, 0.5) is 0 Å². The first-order valence-corrected chi connectivity index (χ1v) is 7.35. The summed E-state index contributed by atoms with van der Waals surface area (Å²) in [5, 5.41) is 3.37. The van der Waals surface area contributed by atoms with Crippen molar-refractivity contribution in [2.24, 2.45) is 0 Å². The van der Waals surface area contributed by atoms with Gasteiger partial charge in [0.15, 0.2) is 0 Å². The molecule has 2 unspecified atom stereocenters. The minimum atomic E-state index is -0.293. The molecule has 2 aliphatic heterocycles. The largest absolute Gasteiger partial charge is 0.339 e. The van der Waals surface area contributed by atoms with Crippen molar-refractivity contribution in [2.75, 3.05) is 32.7 Å². The molecule has 2 aliphatic rings. The molecule has 0 bridgehead atoms. The third kappa shape index (κ3) is 2.69. The van der Waals surface area contributed by atoms with Crippen molar-refractivity contribution in [3.05, 3.63) is 0 Å². The molecule has 1 amide bonds. The van der Waals surface area contributed by atoms with Crippen LogP contribution in [0.3, 0.4) is 0 Å². The lowest BCUT2D eigenvalue weighted by atomic mass is 9.98. The predicted molar refractivity (Wildman–Crippen MR) is 73.5 cm³/mol. The van der Waals surface area contributed by atoms with Crippen molar-refractivity contribution in [2.45, 2.75) is 51.6 Å². The molecule has 104 valence electrons. The highest BCUT2D eigenvalue weighted by atomic mass is 16.2. The Morgan fingerprint density at radius 3 is 2.50 bits per heavy atom. The van der Waals surface area contributed by atoms with Crippen molar-refractivity contribution in [3.63, 3.8) is 0 Å². The number of amides is 1. The molecular formula is C14H27N3O. The fourth-order valence-electron chi connectivity index (χ4n) is 3.05. The Labute approximate surface area is 111 Å². The molecule has 0 aromatic carbocycles. The van der Waals surface area contributed by atoms with Gasteiger partial charge >= 0.3 is 0 Å². The van der Waals surface area contributed by atoms with E-state index in [1.165, 1.54) is 6.42 Å². The molecule has 18 heavy (non-hydrogen) atoms. The summed E-state index contributed by atoms with van der Waals surface area (Å²) in [6.45, 7) is 11.4. The van der Waals surface area contributed by atoms with E-state index in [4.69, 9.17) is 0 Å². The Hall–Kier alpha value is -0.610. The first-order valence-electron chi connectivity index (χ1n) is 7.35. The number of hydrogen-bond acceptors (Lipinski definition) is 3. The van der Waals surface area contributed by atoms with Gasteiger partial charge in [-0.1, -0.05) is 6.92 Å². The van der Waals surface area contributed by atoms with Crippen LogP contribution in [-0.2, 0) is 4.79 Å². The summed E-state index contributed by atoms with van der Waals surface area (Å²) in [7, 11) is 0. The molecule has 2 heterocycles. The van der Waals surface area contributed by atoms with Crippen LogP contribution in [-0.4, -0.2) is 60.0 Å². The quantitative estimate of drug-likeness (QED) is 0.817. The predicted octanol–water partition coefficient (Wildman–Crippen LogP) is 1.07. The maximum atomic E-state index is 12.5. The highest BCUT2D eigenvalue weighted by Gasteiger charge is 2.39. The fourth-order valence-corrected chi connectivity index (χ4v) is 3.05. The maximum absolute atomic E-state index is 12.5. The molecule has 2 fully saturated rings. The maximum Gasteiger partial charge on any atom is 0.242 e. The summed E-state index contributed by atoms with van der Waals surface area (Å²) in [5.74, 6) is 0.309. The Bertz CT molecular complexity index is 291. The summed E-state index contributed by atoms with van der Waals surface area (Å²) >= 11 is 0. The van der Waals surface area contributed by atoms with E-state index in [0.717, 1.165) is 45.6 Å². The average molecular weight is 253 g/mol. The molecule has 0 saturated carbocycles. The van der Waals surface area contributed by atoms with Gasteiger partial charge in [-0.2, -0.15) is 0 Å². The molecule has 0 aliphatic carbocycles. The Kier molecular flexibility index (Phi) is 4.28. The minimum absolute atomic E-state index is 0.293.